The van der Waals surface area contributed by atoms with E-state index in [1.165, 1.54) is 0 Å². The number of carbonyl (C=O) groups is 2. The molecule has 1 aromatic heterocycles. The summed E-state index contributed by atoms with van der Waals surface area (Å²) in [6.07, 6.45) is 0. The van der Waals surface area contributed by atoms with Gasteiger partial charge in [-0.05, 0) is 31.5 Å². The van der Waals surface area contributed by atoms with E-state index in [4.69, 9.17) is 4.98 Å². The third kappa shape index (κ3) is 2.56. The maximum absolute atomic E-state index is 13.5. The van der Waals surface area contributed by atoms with Crippen molar-refractivity contribution in [2.75, 3.05) is 5.32 Å². The number of allylic oxidation sites excluding steroid dienone is 1. The molecular weight excluding hydrogens is 404 g/mol. The Labute approximate surface area is 183 Å². The van der Waals surface area contributed by atoms with E-state index < -0.39 is 11.6 Å². The maximum Gasteiger partial charge on any atom is 0.233 e. The Morgan fingerprint density at radius 2 is 1.61 bits per heavy atom. The summed E-state index contributed by atoms with van der Waals surface area (Å²) in [4.78, 5) is 31.3. The Morgan fingerprint density at radius 1 is 0.871 bits per heavy atom. The van der Waals surface area contributed by atoms with E-state index in [0.717, 1.165) is 48.9 Å². The molecule has 0 saturated heterocycles. The first kappa shape index (κ1) is 18.2. The van der Waals surface area contributed by atoms with Gasteiger partial charge >= 0.3 is 0 Å². The van der Waals surface area contributed by atoms with Crippen molar-refractivity contribution in [3.63, 3.8) is 0 Å². The van der Waals surface area contributed by atoms with Gasteiger partial charge in [-0.3, -0.25) is 9.59 Å². The summed E-state index contributed by atoms with van der Waals surface area (Å²) in [5.41, 5.74) is 7.39. The van der Waals surface area contributed by atoms with Crippen molar-refractivity contribution in [2.24, 2.45) is 0 Å². The van der Waals surface area contributed by atoms with E-state index in [-0.39, 0.29) is 5.92 Å². The largest absolute Gasteiger partial charge is 0.354 e. The van der Waals surface area contributed by atoms with Crippen molar-refractivity contribution < 1.29 is 9.59 Å². The van der Waals surface area contributed by atoms with Gasteiger partial charge in [-0.25, -0.2) is 4.98 Å². The van der Waals surface area contributed by atoms with Gasteiger partial charge in [-0.1, -0.05) is 54.1 Å². The molecule has 0 saturated carbocycles. The fraction of sp³-hybridized carbons (Fsp3) is 0.115. The smallest absolute Gasteiger partial charge is 0.233 e. The first-order valence-corrected chi connectivity index (χ1v) is 11.0. The highest BCUT2D eigenvalue weighted by molar-refractivity contribution is 7.18. The number of aromatic nitrogens is 1. The molecule has 0 bridgehead atoms. The number of Topliss-reactive ketones (excluding diaryl/α,β-unsaturated/α-hetero) is 2. The normalized spacial score (nSPS) is 17.3. The second-order valence-corrected chi connectivity index (χ2v) is 9.30. The van der Waals surface area contributed by atoms with Crippen LogP contribution in [0.15, 0.2) is 66.2 Å². The van der Waals surface area contributed by atoms with Crippen molar-refractivity contribution in [3.05, 3.63) is 99.1 Å². The molecule has 4 nitrogen and oxygen atoms in total. The number of thiazole rings is 1. The Bertz CT molecular complexity index is 1460. The zero-order chi connectivity index (χ0) is 21.3. The number of nitrogens with zero attached hydrogens (tertiary/aromatic N) is 1. The van der Waals surface area contributed by atoms with Gasteiger partial charge in [-0.2, -0.15) is 0 Å². The van der Waals surface area contributed by atoms with Gasteiger partial charge in [0.05, 0.1) is 20.9 Å². The first-order valence-electron chi connectivity index (χ1n) is 10.2. The molecule has 4 aromatic rings. The van der Waals surface area contributed by atoms with E-state index in [1.54, 1.807) is 23.5 Å². The average Bonchev–Trinajstić information content (AvgIpc) is 3.17. The monoisotopic (exact) mass is 422 g/mol. The third-order valence-electron chi connectivity index (χ3n) is 6.12. The number of aryl methyl sites for hydroxylation is 2. The van der Waals surface area contributed by atoms with Gasteiger partial charge in [-0.15, -0.1) is 11.3 Å². The van der Waals surface area contributed by atoms with Crippen LogP contribution in [-0.2, 0) is 4.79 Å². The third-order valence-corrected chi connectivity index (χ3v) is 7.05. The Hall–Kier alpha value is -3.57. The molecule has 0 spiro atoms. The fourth-order valence-corrected chi connectivity index (χ4v) is 5.55. The van der Waals surface area contributed by atoms with Gasteiger partial charge in [0.2, 0.25) is 11.6 Å². The van der Waals surface area contributed by atoms with Crippen molar-refractivity contribution in [2.45, 2.75) is 19.8 Å². The highest BCUT2D eigenvalue weighted by Crippen LogP contribution is 2.49. The predicted octanol–water partition coefficient (Wildman–Crippen LogP) is 5.65. The van der Waals surface area contributed by atoms with Crippen molar-refractivity contribution in [1.29, 1.82) is 0 Å². The minimum Gasteiger partial charge on any atom is -0.354 e. The Kier molecular flexibility index (Phi) is 3.80. The summed E-state index contributed by atoms with van der Waals surface area (Å²) in [5, 5.41) is 4.46. The summed E-state index contributed by atoms with van der Waals surface area (Å²) in [5.74, 6) is -1.25. The SMILES string of the molecule is Cc1ccc(C2C3=C(Nc4ccc5sc(C)nc5c42)c2ccccc2C(=O)C3=O)cc1. The van der Waals surface area contributed by atoms with E-state index in [0.29, 0.717) is 11.1 Å². The van der Waals surface area contributed by atoms with Crippen LogP contribution >= 0.6 is 11.3 Å². The average molecular weight is 423 g/mol. The number of fused-ring (bicyclic) bond motifs is 5. The fourth-order valence-electron chi connectivity index (χ4n) is 4.71. The van der Waals surface area contributed by atoms with Gasteiger partial charge in [0.25, 0.3) is 0 Å². The molecule has 0 fully saturated rings. The summed E-state index contributed by atoms with van der Waals surface area (Å²) >= 11 is 1.64. The lowest BCUT2D eigenvalue weighted by molar-refractivity contribution is -0.112. The van der Waals surface area contributed by atoms with E-state index >= 15 is 0 Å². The highest BCUT2D eigenvalue weighted by atomic mass is 32.1. The number of rotatable bonds is 1. The molecule has 31 heavy (non-hydrogen) atoms. The molecule has 2 heterocycles. The molecule has 1 N–H and O–H groups in total. The molecule has 3 aromatic carbocycles. The molecule has 1 unspecified atom stereocenters. The van der Waals surface area contributed by atoms with Crippen LogP contribution in [0.4, 0.5) is 5.69 Å². The van der Waals surface area contributed by atoms with E-state index in [1.807, 2.05) is 38.1 Å². The highest BCUT2D eigenvalue weighted by Gasteiger charge is 2.42. The number of anilines is 1. The summed E-state index contributed by atoms with van der Waals surface area (Å²) < 4.78 is 1.08. The summed E-state index contributed by atoms with van der Waals surface area (Å²) in [6, 6.07) is 19.7. The second kappa shape index (κ2) is 6.46. The number of ketones is 2. The molecule has 0 radical (unpaired) electrons. The topological polar surface area (TPSA) is 59.1 Å². The zero-order valence-corrected chi connectivity index (χ0v) is 17.8. The van der Waals surface area contributed by atoms with Crippen molar-refractivity contribution in [1.82, 2.24) is 4.98 Å². The molecule has 5 heteroatoms. The molecule has 1 atom stereocenters. The van der Waals surface area contributed by atoms with Crippen LogP contribution in [0, 0.1) is 13.8 Å². The minimum absolute atomic E-state index is 0.359. The minimum atomic E-state index is -0.446. The molecular formula is C26H18N2O2S. The van der Waals surface area contributed by atoms with Crippen LogP contribution in [0.1, 0.15) is 43.5 Å². The molecule has 150 valence electrons. The summed E-state index contributed by atoms with van der Waals surface area (Å²) in [7, 11) is 0. The molecule has 6 rings (SSSR count). The van der Waals surface area contributed by atoms with E-state index in [9.17, 15) is 9.59 Å². The molecule has 2 aliphatic rings. The number of hydrogen-bond donors (Lipinski definition) is 1. The van der Waals surface area contributed by atoms with Gasteiger partial charge < -0.3 is 5.32 Å². The standard InChI is InChI=1S/C26H18N2O2S/c1-13-7-9-15(10-8-13)20-21-18(11-12-19-24(21)27-14(2)31-19)28-23-16-5-3-4-6-17(16)25(29)26(30)22(20)23/h3-12,20,28H,1-2H3. The lowest BCUT2D eigenvalue weighted by atomic mass is 9.73. The number of benzene rings is 3. The van der Waals surface area contributed by atoms with Crippen molar-refractivity contribution >= 4 is 44.5 Å². The van der Waals surface area contributed by atoms with Gasteiger partial charge in [0.15, 0.2) is 0 Å². The van der Waals surface area contributed by atoms with Gasteiger partial charge in [0.1, 0.15) is 0 Å². The molecule has 1 aliphatic carbocycles. The van der Waals surface area contributed by atoms with Crippen LogP contribution in [0.2, 0.25) is 0 Å². The van der Waals surface area contributed by atoms with Crippen molar-refractivity contribution in [3.8, 4) is 0 Å². The van der Waals surface area contributed by atoms with Crippen LogP contribution in [-0.4, -0.2) is 16.6 Å². The Balaban J connectivity index is 1.72. The quantitative estimate of drug-likeness (QED) is 0.403. The predicted molar refractivity (Wildman–Crippen MR) is 124 cm³/mol. The number of nitrogens with one attached hydrogen (secondary N) is 1. The first-order chi connectivity index (χ1) is 15.0. The number of hydrogen-bond acceptors (Lipinski definition) is 5. The van der Waals surface area contributed by atoms with E-state index in [2.05, 4.69) is 29.6 Å². The van der Waals surface area contributed by atoms with Gasteiger partial charge in [0, 0.05) is 33.9 Å². The lowest BCUT2D eigenvalue weighted by Gasteiger charge is -2.34. The van der Waals surface area contributed by atoms with Crippen LogP contribution in [0.3, 0.4) is 0 Å². The summed E-state index contributed by atoms with van der Waals surface area (Å²) in [6.45, 7) is 4.03. The molecule has 0 amide bonds. The lowest BCUT2D eigenvalue weighted by Crippen LogP contribution is -2.32. The number of carbonyl (C=O) groups excluding carboxylic acids is 2. The van der Waals surface area contributed by atoms with Crippen LogP contribution in [0.5, 0.6) is 0 Å². The zero-order valence-electron chi connectivity index (χ0n) is 17.0. The van der Waals surface area contributed by atoms with Crippen LogP contribution in [0.25, 0.3) is 15.9 Å². The Morgan fingerprint density at radius 3 is 2.39 bits per heavy atom. The van der Waals surface area contributed by atoms with Crippen LogP contribution < -0.4 is 5.32 Å². The molecule has 1 aliphatic heterocycles. The second-order valence-electron chi connectivity index (χ2n) is 8.07. The maximum atomic E-state index is 13.5.